The van der Waals surface area contributed by atoms with Crippen molar-refractivity contribution in [3.63, 3.8) is 0 Å². The van der Waals surface area contributed by atoms with E-state index in [1.54, 1.807) is 0 Å². The number of carboxylic acids is 1. The topological polar surface area (TPSA) is 92.3 Å². The first-order valence-corrected chi connectivity index (χ1v) is 7.15. The molecule has 22 heavy (non-hydrogen) atoms. The second-order valence-electron chi connectivity index (χ2n) is 5.02. The summed E-state index contributed by atoms with van der Waals surface area (Å²) in [5.74, 6) is -0.419. The highest BCUT2D eigenvalue weighted by Gasteiger charge is 2.23. The number of aromatic carboxylic acids is 1. The predicted octanol–water partition coefficient (Wildman–Crippen LogP) is 1.34. The number of aryl methyl sites for hydroxylation is 1. The van der Waals surface area contributed by atoms with Crippen LogP contribution in [0.15, 0.2) is 17.3 Å². The highest BCUT2D eigenvalue weighted by molar-refractivity contribution is 5.96. The van der Waals surface area contributed by atoms with Crippen LogP contribution in [0.1, 0.15) is 29.4 Å². The van der Waals surface area contributed by atoms with E-state index in [9.17, 15) is 9.90 Å². The molecule has 0 saturated heterocycles. The van der Waals surface area contributed by atoms with E-state index in [-0.39, 0.29) is 5.56 Å². The minimum Gasteiger partial charge on any atom is -0.477 e. The zero-order valence-corrected chi connectivity index (χ0v) is 12.5. The number of carbonyl (C=O) groups is 1. The summed E-state index contributed by atoms with van der Waals surface area (Å²) < 4.78 is 7.15. The van der Waals surface area contributed by atoms with Crippen LogP contribution in [0.2, 0.25) is 0 Å². The Bertz CT molecular complexity index is 752. The van der Waals surface area contributed by atoms with E-state index in [0.29, 0.717) is 37.2 Å². The number of hydrogen-bond donors (Lipinski definition) is 1. The molecule has 0 fully saturated rings. The predicted molar refractivity (Wildman–Crippen MR) is 80.6 cm³/mol. The summed E-state index contributed by atoms with van der Waals surface area (Å²) in [6.07, 6.45) is 2.21. The molecular formula is C14H17N5O3. The van der Waals surface area contributed by atoms with Crippen LogP contribution in [0.25, 0.3) is 5.65 Å². The van der Waals surface area contributed by atoms with Crippen LogP contribution in [0, 0.1) is 6.92 Å². The lowest BCUT2D eigenvalue weighted by molar-refractivity contribution is 0.0699. The van der Waals surface area contributed by atoms with E-state index in [1.165, 1.54) is 10.7 Å². The smallest absolute Gasteiger partial charge is 0.341 e. The summed E-state index contributed by atoms with van der Waals surface area (Å²) in [4.78, 5) is 21.9. The van der Waals surface area contributed by atoms with Gasteiger partial charge in [-0.2, -0.15) is 5.10 Å². The molecule has 0 amide bonds. The molecule has 1 aliphatic rings. The molecule has 0 radical (unpaired) electrons. The van der Waals surface area contributed by atoms with Gasteiger partial charge in [0.1, 0.15) is 11.4 Å². The third kappa shape index (κ3) is 2.36. The van der Waals surface area contributed by atoms with Crippen molar-refractivity contribution >= 4 is 23.5 Å². The Labute approximate surface area is 127 Å². The highest BCUT2D eigenvalue weighted by atomic mass is 16.5. The second kappa shape index (κ2) is 5.63. The monoisotopic (exact) mass is 303 g/mol. The van der Waals surface area contributed by atoms with Crippen molar-refractivity contribution < 1.29 is 14.6 Å². The fourth-order valence-electron chi connectivity index (χ4n) is 2.34. The molecule has 0 spiro atoms. The summed E-state index contributed by atoms with van der Waals surface area (Å²) >= 11 is 0. The molecule has 1 N–H and O–H groups in total. The second-order valence-corrected chi connectivity index (χ2v) is 5.02. The molecule has 3 heterocycles. The minimum atomic E-state index is -1.04. The summed E-state index contributed by atoms with van der Waals surface area (Å²) in [7, 11) is 0. The number of ether oxygens (including phenoxy) is 1. The zero-order valence-electron chi connectivity index (χ0n) is 12.5. The van der Waals surface area contributed by atoms with Gasteiger partial charge < -0.3 is 9.84 Å². The van der Waals surface area contributed by atoms with Crippen molar-refractivity contribution in [2.75, 3.05) is 24.6 Å². The first-order valence-electron chi connectivity index (χ1n) is 7.15. The summed E-state index contributed by atoms with van der Waals surface area (Å²) in [6, 6.07) is 2.39. The van der Waals surface area contributed by atoms with Crippen molar-refractivity contribution in [3.05, 3.63) is 23.5 Å². The minimum absolute atomic E-state index is 0.0807. The molecule has 116 valence electrons. The SMILES string of the molecule is CCCOC1=NCCN1c1cc(C)n2ncc(C(=O)O)c2n1. The van der Waals surface area contributed by atoms with Crippen LogP contribution < -0.4 is 4.90 Å². The maximum atomic E-state index is 11.3. The summed E-state index contributed by atoms with van der Waals surface area (Å²) in [5.41, 5.74) is 1.20. The number of anilines is 1. The number of nitrogens with zero attached hydrogens (tertiary/aromatic N) is 5. The lowest BCUT2D eigenvalue weighted by Gasteiger charge is -2.19. The third-order valence-corrected chi connectivity index (χ3v) is 3.38. The maximum absolute atomic E-state index is 11.3. The van der Waals surface area contributed by atoms with E-state index in [1.807, 2.05) is 24.8 Å². The van der Waals surface area contributed by atoms with Crippen LogP contribution in [0.5, 0.6) is 0 Å². The van der Waals surface area contributed by atoms with Gasteiger partial charge in [0.2, 0.25) is 0 Å². The molecule has 8 heteroatoms. The summed E-state index contributed by atoms with van der Waals surface area (Å²) in [5, 5.41) is 13.3. The van der Waals surface area contributed by atoms with Gasteiger partial charge in [-0.1, -0.05) is 6.92 Å². The number of fused-ring (bicyclic) bond motifs is 1. The van der Waals surface area contributed by atoms with Gasteiger partial charge in [0.25, 0.3) is 6.02 Å². The van der Waals surface area contributed by atoms with E-state index >= 15 is 0 Å². The molecule has 3 rings (SSSR count). The molecule has 1 aliphatic heterocycles. The van der Waals surface area contributed by atoms with Crippen molar-refractivity contribution in [1.29, 1.82) is 0 Å². The van der Waals surface area contributed by atoms with Crippen LogP contribution in [-0.2, 0) is 4.74 Å². The van der Waals surface area contributed by atoms with E-state index < -0.39 is 5.97 Å². The van der Waals surface area contributed by atoms with Gasteiger partial charge in [-0.25, -0.2) is 19.3 Å². The molecule has 0 bridgehead atoms. The number of rotatable bonds is 4. The molecule has 0 atom stereocenters. The maximum Gasteiger partial charge on any atom is 0.341 e. The number of amidine groups is 1. The Balaban J connectivity index is 2.02. The standard InChI is InChI=1S/C14H17N5O3/c1-3-6-22-14-15-4-5-18(14)11-7-9(2)19-12(17-11)10(8-16-19)13(20)21/h7-8H,3-6H2,1-2H3,(H,20,21). The first-order chi connectivity index (χ1) is 10.6. The van der Waals surface area contributed by atoms with Crippen LogP contribution in [-0.4, -0.2) is 51.4 Å². The van der Waals surface area contributed by atoms with Gasteiger partial charge >= 0.3 is 5.97 Å². The van der Waals surface area contributed by atoms with Gasteiger partial charge in [-0.05, 0) is 13.3 Å². The van der Waals surface area contributed by atoms with E-state index in [0.717, 1.165) is 12.1 Å². The van der Waals surface area contributed by atoms with Gasteiger partial charge in [-0.15, -0.1) is 0 Å². The molecule has 0 aromatic carbocycles. The molecule has 0 saturated carbocycles. The Kier molecular flexibility index (Phi) is 3.66. The van der Waals surface area contributed by atoms with Crippen molar-refractivity contribution in [2.24, 2.45) is 4.99 Å². The first kappa shape index (κ1) is 14.3. The molecule has 0 aliphatic carbocycles. The normalized spacial score (nSPS) is 14.5. The van der Waals surface area contributed by atoms with Crippen LogP contribution in [0.3, 0.4) is 0 Å². The fourth-order valence-corrected chi connectivity index (χ4v) is 2.34. The van der Waals surface area contributed by atoms with E-state index in [4.69, 9.17) is 4.74 Å². The third-order valence-electron chi connectivity index (χ3n) is 3.38. The molecule has 2 aromatic heterocycles. The molecule has 8 nitrogen and oxygen atoms in total. The lowest BCUT2D eigenvalue weighted by atomic mass is 10.3. The number of aliphatic imine (C=N–C) groups is 1. The van der Waals surface area contributed by atoms with E-state index in [2.05, 4.69) is 15.1 Å². The zero-order chi connectivity index (χ0) is 15.7. The number of hydrogen-bond acceptors (Lipinski definition) is 6. The fraction of sp³-hybridized carbons (Fsp3) is 0.429. The quantitative estimate of drug-likeness (QED) is 0.916. The lowest BCUT2D eigenvalue weighted by Crippen LogP contribution is -2.30. The van der Waals surface area contributed by atoms with Gasteiger partial charge in [-0.3, -0.25) is 4.90 Å². The van der Waals surface area contributed by atoms with Crippen molar-refractivity contribution in [2.45, 2.75) is 20.3 Å². The number of aromatic nitrogens is 3. The average Bonchev–Trinajstić information content (AvgIpc) is 3.11. The summed E-state index contributed by atoms with van der Waals surface area (Å²) in [6.45, 7) is 5.77. The Morgan fingerprint density at radius 1 is 1.50 bits per heavy atom. The molecule has 0 unspecified atom stereocenters. The highest BCUT2D eigenvalue weighted by Crippen LogP contribution is 2.20. The Morgan fingerprint density at radius 2 is 2.32 bits per heavy atom. The Morgan fingerprint density at radius 3 is 3.05 bits per heavy atom. The van der Waals surface area contributed by atoms with Gasteiger partial charge in [0, 0.05) is 18.3 Å². The van der Waals surface area contributed by atoms with Crippen LogP contribution >= 0.6 is 0 Å². The average molecular weight is 303 g/mol. The largest absolute Gasteiger partial charge is 0.477 e. The Hall–Kier alpha value is -2.64. The molecular weight excluding hydrogens is 286 g/mol. The number of carboxylic acid groups (broad SMARTS) is 1. The van der Waals surface area contributed by atoms with Crippen LogP contribution in [0.4, 0.5) is 5.82 Å². The molecule has 2 aromatic rings. The van der Waals surface area contributed by atoms with Gasteiger partial charge in [0.15, 0.2) is 5.65 Å². The van der Waals surface area contributed by atoms with Crippen molar-refractivity contribution in [1.82, 2.24) is 14.6 Å². The van der Waals surface area contributed by atoms with Gasteiger partial charge in [0.05, 0.1) is 19.3 Å². The van der Waals surface area contributed by atoms with Crippen molar-refractivity contribution in [3.8, 4) is 0 Å².